The summed E-state index contributed by atoms with van der Waals surface area (Å²) in [6, 6.07) is 13.2. The van der Waals surface area contributed by atoms with Gasteiger partial charge in [0.25, 0.3) is 0 Å². The summed E-state index contributed by atoms with van der Waals surface area (Å²) in [4.78, 5) is 74.5. The van der Waals surface area contributed by atoms with E-state index in [0.29, 0.717) is 64.0 Å². The maximum atomic E-state index is 13.9. The number of hydrogen-bond donors (Lipinski definition) is 2. The molecule has 5 aromatic rings. The van der Waals surface area contributed by atoms with Crippen LogP contribution in [0.1, 0.15) is 132 Å². The van der Waals surface area contributed by atoms with Crippen molar-refractivity contribution in [2.75, 3.05) is 66.6 Å². The third-order valence-electron chi connectivity index (χ3n) is 21.4. The second-order valence-corrected chi connectivity index (χ2v) is 29.0. The Morgan fingerprint density at radius 3 is 1.50 bits per heavy atom. The van der Waals surface area contributed by atoms with Crippen molar-refractivity contribution in [2.45, 2.75) is 158 Å². The van der Waals surface area contributed by atoms with Crippen LogP contribution in [-0.2, 0) is 52.8 Å². The molecule has 4 saturated heterocycles. The molecule has 0 aliphatic carbocycles. The zero-order valence-electron chi connectivity index (χ0n) is 56.6. The Balaban J connectivity index is 0.000000171. The molecule has 5 aromatic carbocycles. The number of carbonyl (C=O) groups excluding carboxylic acids is 5. The molecule has 11 aliphatic heterocycles. The van der Waals surface area contributed by atoms with E-state index in [4.69, 9.17) is 57.8 Å². The molecule has 0 radical (unpaired) electrons. The first-order valence-corrected chi connectivity index (χ1v) is 34.9. The summed E-state index contributed by atoms with van der Waals surface area (Å²) in [6.45, 7) is 14.5. The molecule has 514 valence electrons. The van der Waals surface area contributed by atoms with Crippen LogP contribution in [0.4, 0.5) is 4.79 Å². The number of benzene rings is 5. The SMILES string of the molecule is COc1c(C)cc2c(c1C)[C@@H]1C3[C@@H]4SCC(N)C(=O)OC[C@@H](c5c6c(c(C)c(OC(C)=O)c54)OCO6)N3[C@@H](C#N)[C@H](C2)N1C.COc1c(C)cc2c(c1C)[C@@H]1C3[C@@H]4SCC(NC(=O)OCc5ccccc5)C(=O)OC[C@@H](c5c6c(c(C)c(OC(C)=O)c54)OCO6)N3[C@@H](C#N)[C@H](C2)N1C. The number of nitrogens with zero attached hydrogens (tertiary/aromatic N) is 6. The van der Waals surface area contributed by atoms with E-state index in [1.54, 1.807) is 14.2 Å². The zero-order valence-corrected chi connectivity index (χ0v) is 58.2. The van der Waals surface area contributed by atoms with E-state index in [0.717, 1.165) is 67.1 Å². The number of thioether (sulfide) groups is 2. The normalized spacial score (nSPS) is 28.4. The van der Waals surface area contributed by atoms with Crippen LogP contribution in [0.2, 0.25) is 0 Å². The molecular weight excluding hydrogens is 1300 g/mol. The summed E-state index contributed by atoms with van der Waals surface area (Å²) < 4.78 is 65.6. The lowest BCUT2D eigenvalue weighted by molar-refractivity contribution is -0.151. The highest BCUT2D eigenvalue weighted by Crippen LogP contribution is 2.66. The van der Waals surface area contributed by atoms with Gasteiger partial charge in [-0.25, -0.2) is 9.59 Å². The molecule has 4 fully saturated rings. The number of rotatable bonds is 7. The van der Waals surface area contributed by atoms with Crippen molar-refractivity contribution in [3.63, 3.8) is 0 Å². The summed E-state index contributed by atoms with van der Waals surface area (Å²) in [5, 5.41) is 23.8. The van der Waals surface area contributed by atoms with Crippen molar-refractivity contribution >= 4 is 53.5 Å². The standard InChI is InChI=1S/C40H42N4O9S.C32H36N4O7S/c1-19-12-24-13-26-27(14-41)44-28-16-49-39(46)25(42-40(47)50-15-23-10-8-7-9-11-23)17-54-38(33(44)32(43(26)5)29(24)20(2)34(19)48-6)31-30(28)37-36(51-18-52-37)21(3)35(31)53-22(4)45;1-13-7-17-8-19-20(9-33)36-21-10-40-32(38)18(34)11-44-31(26(36)25(35(19)5)22(17)14(2)27(13)39-6)24-23(21)30-29(41-12-42-30)15(3)28(24)43-16(4)37/h7-12,25-28,32-33,38H,13,15-18H2,1-6H3,(H,42,47);7,18-21,25-26,31H,8,10-12,34H2,1-6H3/t25?,26-,27-,28-,32+,33?,38+;18?,19-,20-,21-,25+,26?,31+/m00/s1. The number of piperazine rings is 2. The number of methoxy groups -OCH3 is 2. The number of ether oxygens (including phenoxy) is 11. The number of carbonyl (C=O) groups is 5. The number of hydrogen-bond acceptors (Lipinski definition) is 25. The van der Waals surface area contributed by atoms with E-state index < -0.39 is 77.5 Å². The van der Waals surface area contributed by atoms with Gasteiger partial charge in [-0.05, 0) is 119 Å². The number of amides is 1. The van der Waals surface area contributed by atoms with E-state index in [1.807, 2.05) is 51.1 Å². The Morgan fingerprint density at radius 2 is 1.05 bits per heavy atom. The molecule has 0 saturated carbocycles. The summed E-state index contributed by atoms with van der Waals surface area (Å²) in [7, 11) is 7.53. The van der Waals surface area contributed by atoms with Crippen molar-refractivity contribution < 1.29 is 76.1 Å². The van der Waals surface area contributed by atoms with Gasteiger partial charge in [0.1, 0.15) is 67.0 Å². The van der Waals surface area contributed by atoms with Crippen molar-refractivity contribution in [3.8, 4) is 58.1 Å². The first-order chi connectivity index (χ1) is 47.1. The Bertz CT molecular complexity index is 4260. The fourth-order valence-corrected chi connectivity index (χ4v) is 20.6. The Labute approximate surface area is 576 Å². The molecule has 16 rings (SSSR count). The first kappa shape index (κ1) is 66.7. The van der Waals surface area contributed by atoms with Crippen molar-refractivity contribution in [1.29, 1.82) is 10.5 Å². The lowest BCUT2D eigenvalue weighted by Gasteiger charge is -2.62. The number of alkyl carbamates (subject to hydrolysis) is 1. The van der Waals surface area contributed by atoms with Gasteiger partial charge in [-0.3, -0.25) is 34.0 Å². The number of aryl methyl sites for hydroxylation is 2. The molecule has 0 aromatic heterocycles. The molecule has 11 heterocycles. The third-order valence-corrected chi connectivity index (χ3v) is 24.2. The predicted molar refractivity (Wildman–Crippen MR) is 358 cm³/mol. The summed E-state index contributed by atoms with van der Waals surface area (Å²) in [5.41, 5.74) is 20.2. The first-order valence-electron chi connectivity index (χ1n) is 32.8. The van der Waals surface area contributed by atoms with Crippen LogP contribution < -0.4 is 48.9 Å². The Kier molecular flexibility index (Phi) is 17.7. The largest absolute Gasteiger partial charge is 0.496 e. The minimum Gasteiger partial charge on any atom is -0.496 e. The van der Waals surface area contributed by atoms with Gasteiger partial charge in [-0.2, -0.15) is 10.5 Å². The van der Waals surface area contributed by atoms with E-state index in [9.17, 15) is 34.5 Å². The Morgan fingerprint density at radius 1 is 0.602 bits per heavy atom. The number of nitrogens with one attached hydrogen (secondary N) is 1. The average Bonchev–Trinajstić information content (AvgIpc) is 0.889. The average molecular weight is 1380 g/mol. The maximum absolute atomic E-state index is 13.9. The number of fused-ring (bicyclic) bond motifs is 19. The van der Waals surface area contributed by atoms with Gasteiger partial charge in [-0.1, -0.05) is 42.5 Å². The minimum atomic E-state index is -1.06. The molecule has 3 N–H and O–H groups in total. The Hall–Kier alpha value is -8.47. The number of nitrogens with two attached hydrogens (primary N) is 1. The van der Waals surface area contributed by atoms with E-state index in [2.05, 4.69) is 84.1 Å². The predicted octanol–water partition coefficient (Wildman–Crippen LogP) is 8.29. The smallest absolute Gasteiger partial charge is 0.408 e. The van der Waals surface area contributed by atoms with Crippen LogP contribution in [0.3, 0.4) is 0 Å². The molecule has 24 nitrogen and oxygen atoms in total. The molecular formula is C72H78N8O16S2. The molecule has 14 atom stereocenters. The molecule has 1 amide bonds. The van der Waals surface area contributed by atoms with Gasteiger partial charge in [0, 0.05) is 82.9 Å². The van der Waals surface area contributed by atoms with Crippen LogP contribution >= 0.6 is 23.5 Å². The molecule has 0 spiro atoms. The van der Waals surface area contributed by atoms with Gasteiger partial charge in [0.15, 0.2) is 23.0 Å². The van der Waals surface area contributed by atoms with Gasteiger partial charge < -0.3 is 63.2 Å². The van der Waals surface area contributed by atoms with Crippen molar-refractivity contribution in [2.24, 2.45) is 5.73 Å². The van der Waals surface area contributed by atoms with Crippen LogP contribution in [-0.4, -0.2) is 165 Å². The van der Waals surface area contributed by atoms with Gasteiger partial charge in [0.05, 0.1) is 61.0 Å². The van der Waals surface area contributed by atoms with Gasteiger partial charge in [-0.15, -0.1) is 23.5 Å². The molecule has 8 bridgehead atoms. The van der Waals surface area contributed by atoms with Crippen LogP contribution in [0.5, 0.6) is 46.0 Å². The second kappa shape index (κ2) is 26.0. The zero-order chi connectivity index (χ0) is 69.2. The fraction of sp³-hybridized carbons (Fsp3) is 0.486. The monoisotopic (exact) mass is 1370 g/mol. The number of likely N-dealkylation sites (N-methyl/N-ethyl adjacent to an activating group) is 2. The molecule has 4 unspecified atom stereocenters. The summed E-state index contributed by atoms with van der Waals surface area (Å²) >= 11 is 2.96. The second-order valence-electron chi connectivity index (χ2n) is 26.7. The number of esters is 4. The summed E-state index contributed by atoms with van der Waals surface area (Å²) in [5.74, 6) is 2.68. The number of nitriles is 2. The lowest BCUT2D eigenvalue weighted by atomic mass is 9.70. The van der Waals surface area contributed by atoms with Crippen LogP contribution in [0, 0.1) is 64.2 Å². The van der Waals surface area contributed by atoms with E-state index in [-0.39, 0.29) is 80.4 Å². The highest BCUT2D eigenvalue weighted by molar-refractivity contribution is 7.99. The quantitative estimate of drug-likeness (QED) is 0.0880. The fourth-order valence-electron chi connectivity index (χ4n) is 17.6. The van der Waals surface area contributed by atoms with Crippen molar-refractivity contribution in [1.82, 2.24) is 24.9 Å². The lowest BCUT2D eigenvalue weighted by Crippen LogP contribution is -2.69. The van der Waals surface area contributed by atoms with E-state index in [1.165, 1.54) is 48.5 Å². The van der Waals surface area contributed by atoms with Gasteiger partial charge in [0.2, 0.25) is 13.6 Å². The number of cyclic esters (lactones) is 1. The highest BCUT2D eigenvalue weighted by Gasteiger charge is 2.63. The van der Waals surface area contributed by atoms with Gasteiger partial charge >= 0.3 is 30.0 Å². The van der Waals surface area contributed by atoms with Crippen molar-refractivity contribution in [3.05, 3.63) is 126 Å². The topological polar surface area (TPSA) is 285 Å². The maximum Gasteiger partial charge on any atom is 0.408 e. The molecule has 11 aliphatic rings. The molecule has 98 heavy (non-hydrogen) atoms. The molecule has 26 heteroatoms. The van der Waals surface area contributed by atoms with E-state index >= 15 is 0 Å². The third kappa shape index (κ3) is 10.6. The highest BCUT2D eigenvalue weighted by atomic mass is 32.2. The van der Waals surface area contributed by atoms with Crippen LogP contribution in [0.15, 0.2) is 42.5 Å². The minimum absolute atomic E-state index is 0.00609. The summed E-state index contributed by atoms with van der Waals surface area (Å²) in [6.07, 6.45) is 0.560. The van der Waals surface area contributed by atoms with Crippen LogP contribution in [0.25, 0.3) is 0 Å².